The summed E-state index contributed by atoms with van der Waals surface area (Å²) >= 11 is 1.53. The molecule has 4 nitrogen and oxygen atoms in total. The molecule has 2 aromatic rings. The highest BCUT2D eigenvalue weighted by atomic mass is 32.2. The third kappa shape index (κ3) is 4.16. The van der Waals surface area contributed by atoms with E-state index in [1.807, 2.05) is 54.7 Å². The van der Waals surface area contributed by atoms with Gasteiger partial charge in [-0.2, -0.15) is 0 Å². The van der Waals surface area contributed by atoms with E-state index in [1.165, 1.54) is 18.0 Å². The van der Waals surface area contributed by atoms with Crippen molar-refractivity contribution in [1.29, 1.82) is 0 Å². The molecule has 0 amide bonds. The maximum Gasteiger partial charge on any atom is 0.335 e. The molecule has 2 rings (SSSR count). The van der Waals surface area contributed by atoms with Crippen molar-refractivity contribution in [2.24, 2.45) is 0 Å². The van der Waals surface area contributed by atoms with Crippen LogP contribution in [0.2, 0.25) is 0 Å². The first-order chi connectivity index (χ1) is 10.1. The number of nitrogens with zero attached hydrogens (tertiary/aromatic N) is 1. The molecule has 0 aliphatic rings. The van der Waals surface area contributed by atoms with E-state index in [2.05, 4.69) is 0 Å². The van der Waals surface area contributed by atoms with Crippen LogP contribution in [0.5, 0.6) is 5.75 Å². The van der Waals surface area contributed by atoms with Crippen LogP contribution in [0.3, 0.4) is 0 Å². The second-order valence-corrected chi connectivity index (χ2v) is 5.56. The zero-order valence-electron chi connectivity index (χ0n) is 11.9. The third-order valence-electron chi connectivity index (χ3n) is 2.80. The highest BCUT2D eigenvalue weighted by molar-refractivity contribution is 8.00. The SMILES string of the molecule is CCOc1cc(C(=O)O)cc(N(C)Sc2ccccc2)c1. The van der Waals surface area contributed by atoms with Gasteiger partial charge in [-0.3, -0.25) is 0 Å². The fourth-order valence-electron chi connectivity index (χ4n) is 1.83. The number of carboxylic acids is 1. The van der Waals surface area contributed by atoms with Crippen LogP contribution in [0.15, 0.2) is 53.4 Å². The topological polar surface area (TPSA) is 49.8 Å². The number of rotatable bonds is 6. The Morgan fingerprint density at radius 2 is 1.95 bits per heavy atom. The highest BCUT2D eigenvalue weighted by Gasteiger charge is 2.11. The third-order valence-corrected chi connectivity index (χ3v) is 3.77. The number of carbonyl (C=O) groups is 1. The Labute approximate surface area is 128 Å². The maximum absolute atomic E-state index is 11.2. The van der Waals surface area contributed by atoms with Gasteiger partial charge in [0.05, 0.1) is 17.9 Å². The van der Waals surface area contributed by atoms with Crippen LogP contribution in [0.25, 0.3) is 0 Å². The van der Waals surface area contributed by atoms with Crippen LogP contribution >= 0.6 is 11.9 Å². The molecule has 0 saturated heterocycles. The molecule has 21 heavy (non-hydrogen) atoms. The van der Waals surface area contributed by atoms with Gasteiger partial charge in [0, 0.05) is 18.0 Å². The molecule has 0 heterocycles. The van der Waals surface area contributed by atoms with Gasteiger partial charge in [-0.25, -0.2) is 4.79 Å². The Hall–Kier alpha value is -2.14. The van der Waals surface area contributed by atoms with Crippen molar-refractivity contribution in [1.82, 2.24) is 0 Å². The fraction of sp³-hybridized carbons (Fsp3) is 0.188. The van der Waals surface area contributed by atoms with Gasteiger partial charge >= 0.3 is 5.97 Å². The first-order valence-corrected chi connectivity index (χ1v) is 7.35. The van der Waals surface area contributed by atoms with Crippen molar-refractivity contribution >= 4 is 23.6 Å². The summed E-state index contributed by atoms with van der Waals surface area (Å²) in [5, 5.41) is 9.19. The predicted octanol–water partition coefficient (Wildman–Crippen LogP) is 3.93. The predicted molar refractivity (Wildman–Crippen MR) is 85.3 cm³/mol. The largest absolute Gasteiger partial charge is 0.494 e. The van der Waals surface area contributed by atoms with Gasteiger partial charge < -0.3 is 14.1 Å². The Balaban J connectivity index is 2.26. The summed E-state index contributed by atoms with van der Waals surface area (Å²) in [5.74, 6) is -0.399. The average molecular weight is 303 g/mol. The first-order valence-electron chi connectivity index (χ1n) is 6.58. The Morgan fingerprint density at radius 1 is 1.24 bits per heavy atom. The summed E-state index contributed by atoms with van der Waals surface area (Å²) in [6.45, 7) is 2.37. The summed E-state index contributed by atoms with van der Waals surface area (Å²) in [6, 6.07) is 14.9. The molecule has 0 spiro atoms. The first kappa shape index (κ1) is 15.3. The van der Waals surface area contributed by atoms with Crippen LogP contribution in [-0.4, -0.2) is 24.7 Å². The number of ether oxygens (including phenoxy) is 1. The van der Waals surface area contributed by atoms with Crippen LogP contribution in [0.1, 0.15) is 17.3 Å². The van der Waals surface area contributed by atoms with Gasteiger partial charge in [0.15, 0.2) is 0 Å². The van der Waals surface area contributed by atoms with E-state index in [0.29, 0.717) is 12.4 Å². The Kier molecular flexibility index (Phi) is 5.11. The molecule has 0 aromatic heterocycles. The number of aromatic carboxylic acids is 1. The molecule has 0 aliphatic carbocycles. The van der Waals surface area contributed by atoms with Crippen LogP contribution in [0.4, 0.5) is 5.69 Å². The fourth-order valence-corrected chi connectivity index (χ4v) is 2.64. The standard InChI is InChI=1S/C16H17NO3S/c1-3-20-14-10-12(16(18)19)9-13(11-14)17(2)21-15-7-5-4-6-8-15/h4-11H,3H2,1-2H3,(H,18,19). The van der Waals surface area contributed by atoms with Crippen molar-refractivity contribution in [3.05, 3.63) is 54.1 Å². The van der Waals surface area contributed by atoms with E-state index in [1.54, 1.807) is 6.07 Å². The van der Waals surface area contributed by atoms with Crippen molar-refractivity contribution in [3.8, 4) is 5.75 Å². The Bertz CT molecular complexity index is 616. The zero-order chi connectivity index (χ0) is 15.2. The van der Waals surface area contributed by atoms with Crippen molar-refractivity contribution in [2.75, 3.05) is 18.0 Å². The zero-order valence-corrected chi connectivity index (χ0v) is 12.8. The second-order valence-electron chi connectivity index (χ2n) is 4.36. The molecule has 1 N–H and O–H groups in total. The van der Waals surface area contributed by atoms with E-state index < -0.39 is 5.97 Å². The van der Waals surface area contributed by atoms with Crippen molar-refractivity contribution in [3.63, 3.8) is 0 Å². The molecule has 110 valence electrons. The van der Waals surface area contributed by atoms with E-state index >= 15 is 0 Å². The molecule has 5 heteroatoms. The van der Waals surface area contributed by atoms with Crippen LogP contribution < -0.4 is 9.04 Å². The molecule has 0 fully saturated rings. The number of benzene rings is 2. The Morgan fingerprint density at radius 3 is 2.57 bits per heavy atom. The van der Waals surface area contributed by atoms with E-state index in [-0.39, 0.29) is 5.56 Å². The lowest BCUT2D eigenvalue weighted by Gasteiger charge is -2.19. The molecular formula is C16H17NO3S. The van der Waals surface area contributed by atoms with E-state index in [9.17, 15) is 9.90 Å². The smallest absolute Gasteiger partial charge is 0.335 e. The van der Waals surface area contributed by atoms with Gasteiger partial charge in [-0.05, 0) is 43.1 Å². The van der Waals surface area contributed by atoms with Gasteiger partial charge in [0.2, 0.25) is 0 Å². The molecule has 0 unspecified atom stereocenters. The maximum atomic E-state index is 11.2. The van der Waals surface area contributed by atoms with E-state index in [0.717, 1.165) is 10.6 Å². The van der Waals surface area contributed by atoms with Crippen molar-refractivity contribution < 1.29 is 14.6 Å². The minimum Gasteiger partial charge on any atom is -0.494 e. The number of hydrogen-bond donors (Lipinski definition) is 1. The van der Waals surface area contributed by atoms with E-state index in [4.69, 9.17) is 4.74 Å². The van der Waals surface area contributed by atoms with Crippen LogP contribution in [0, 0.1) is 0 Å². The normalized spacial score (nSPS) is 10.2. The van der Waals surface area contributed by atoms with Gasteiger partial charge in [-0.1, -0.05) is 18.2 Å². The summed E-state index contributed by atoms with van der Waals surface area (Å²) in [6.07, 6.45) is 0. The molecule has 2 aromatic carbocycles. The monoisotopic (exact) mass is 303 g/mol. The number of carboxylic acid groups (broad SMARTS) is 1. The summed E-state index contributed by atoms with van der Waals surface area (Å²) in [7, 11) is 1.90. The van der Waals surface area contributed by atoms with Gasteiger partial charge in [-0.15, -0.1) is 0 Å². The van der Waals surface area contributed by atoms with Crippen molar-refractivity contribution in [2.45, 2.75) is 11.8 Å². The molecule has 0 saturated carbocycles. The average Bonchev–Trinajstić information content (AvgIpc) is 2.48. The minimum absolute atomic E-state index is 0.219. The summed E-state index contributed by atoms with van der Waals surface area (Å²) in [4.78, 5) is 12.3. The van der Waals surface area contributed by atoms with Gasteiger partial charge in [0.1, 0.15) is 5.75 Å². The molecule has 0 atom stereocenters. The molecule has 0 radical (unpaired) electrons. The lowest BCUT2D eigenvalue weighted by molar-refractivity contribution is 0.0696. The highest BCUT2D eigenvalue weighted by Crippen LogP contribution is 2.31. The second kappa shape index (κ2) is 7.04. The quantitative estimate of drug-likeness (QED) is 0.819. The molecular weight excluding hydrogens is 286 g/mol. The number of hydrogen-bond acceptors (Lipinski definition) is 4. The lowest BCUT2D eigenvalue weighted by Crippen LogP contribution is -2.08. The van der Waals surface area contributed by atoms with Gasteiger partial charge in [0.25, 0.3) is 0 Å². The summed E-state index contributed by atoms with van der Waals surface area (Å²) < 4.78 is 7.36. The molecule has 0 aliphatic heterocycles. The molecule has 0 bridgehead atoms. The number of anilines is 1. The summed E-state index contributed by atoms with van der Waals surface area (Å²) in [5.41, 5.74) is 1.00. The lowest BCUT2D eigenvalue weighted by atomic mass is 10.2. The minimum atomic E-state index is -0.962. The van der Waals surface area contributed by atoms with Crippen LogP contribution in [-0.2, 0) is 0 Å².